The molecule has 0 bridgehead atoms. The van der Waals surface area contributed by atoms with Gasteiger partial charge in [0.25, 0.3) is 10.0 Å². The van der Waals surface area contributed by atoms with Gasteiger partial charge >= 0.3 is 5.97 Å². The minimum atomic E-state index is -4.06. The summed E-state index contributed by atoms with van der Waals surface area (Å²) in [6, 6.07) is 7.19. The number of carboxylic acids is 1. The number of aliphatic carboxylic acids is 1. The van der Waals surface area contributed by atoms with Crippen LogP contribution in [0.1, 0.15) is 28.4 Å². The topological polar surface area (TPSA) is 110 Å². The minimum absolute atomic E-state index is 0.0670. The third-order valence-electron chi connectivity index (χ3n) is 3.80. The van der Waals surface area contributed by atoms with Crippen LogP contribution in [-0.2, 0) is 14.8 Å². The van der Waals surface area contributed by atoms with E-state index in [9.17, 15) is 18.0 Å². The van der Waals surface area contributed by atoms with E-state index in [4.69, 9.17) is 21.4 Å². The van der Waals surface area contributed by atoms with E-state index in [1.165, 1.54) is 44.2 Å². The van der Waals surface area contributed by atoms with Gasteiger partial charge in [0.1, 0.15) is 5.75 Å². The predicted molar refractivity (Wildman–Crippen MR) is 101 cm³/mol. The molecule has 2 rings (SSSR count). The molecule has 0 spiro atoms. The molecular formula is C18H18ClNO6S. The second kappa shape index (κ2) is 7.98. The Bertz CT molecular complexity index is 1020. The number of ketones is 1. The van der Waals surface area contributed by atoms with Crippen LogP contribution in [0.2, 0.25) is 5.02 Å². The maximum atomic E-state index is 12.8. The van der Waals surface area contributed by atoms with Gasteiger partial charge in [-0.2, -0.15) is 0 Å². The highest BCUT2D eigenvalue weighted by Crippen LogP contribution is 2.32. The Balaban J connectivity index is 2.46. The third kappa shape index (κ3) is 4.78. The van der Waals surface area contributed by atoms with E-state index >= 15 is 0 Å². The lowest BCUT2D eigenvalue weighted by atomic mass is 10.1. The first kappa shape index (κ1) is 20.7. The molecule has 0 radical (unpaired) electrons. The van der Waals surface area contributed by atoms with E-state index in [0.29, 0.717) is 11.1 Å². The number of carbonyl (C=O) groups excluding carboxylic acids is 1. The average Bonchev–Trinajstić information content (AvgIpc) is 2.55. The van der Waals surface area contributed by atoms with Gasteiger partial charge in [0.05, 0.1) is 15.6 Å². The van der Waals surface area contributed by atoms with Crippen LogP contribution in [0.25, 0.3) is 0 Å². The number of carboxylic acid groups (broad SMARTS) is 1. The lowest BCUT2D eigenvalue weighted by molar-refractivity contribution is -0.139. The van der Waals surface area contributed by atoms with Crippen molar-refractivity contribution >= 4 is 39.1 Å². The van der Waals surface area contributed by atoms with Crippen LogP contribution in [0.15, 0.2) is 35.2 Å². The molecule has 0 heterocycles. The predicted octanol–water partition coefficient (Wildman–Crippen LogP) is 3.42. The van der Waals surface area contributed by atoms with Crippen molar-refractivity contribution in [2.24, 2.45) is 0 Å². The summed E-state index contributed by atoms with van der Waals surface area (Å²) >= 11 is 6.05. The quantitative estimate of drug-likeness (QED) is 0.675. The molecule has 0 fully saturated rings. The molecule has 0 amide bonds. The summed E-state index contributed by atoms with van der Waals surface area (Å²) < 4.78 is 33.3. The van der Waals surface area contributed by atoms with Crippen molar-refractivity contribution in [3.63, 3.8) is 0 Å². The number of hydrogen-bond donors (Lipinski definition) is 2. The van der Waals surface area contributed by atoms with Gasteiger partial charge in [-0.3, -0.25) is 9.52 Å². The highest BCUT2D eigenvalue weighted by atomic mass is 35.5. The summed E-state index contributed by atoms with van der Waals surface area (Å²) in [7, 11) is -4.06. The summed E-state index contributed by atoms with van der Waals surface area (Å²) in [5.41, 5.74) is 1.24. The molecule has 27 heavy (non-hydrogen) atoms. The number of carbonyl (C=O) groups is 2. The lowest BCUT2D eigenvalue weighted by Gasteiger charge is -2.16. The summed E-state index contributed by atoms with van der Waals surface area (Å²) in [5.74, 6) is -1.22. The Hall–Kier alpha value is -2.58. The van der Waals surface area contributed by atoms with Gasteiger partial charge < -0.3 is 9.84 Å². The van der Waals surface area contributed by atoms with Gasteiger partial charge in [-0.05, 0) is 50.6 Å². The molecule has 0 aliphatic rings. The molecule has 0 saturated carbocycles. The zero-order valence-corrected chi connectivity index (χ0v) is 16.4. The average molecular weight is 412 g/mol. The van der Waals surface area contributed by atoms with Gasteiger partial charge in [0.15, 0.2) is 12.4 Å². The van der Waals surface area contributed by atoms with E-state index in [1.807, 2.05) is 0 Å². The molecule has 0 atom stereocenters. The number of anilines is 1. The molecule has 2 N–H and O–H groups in total. The summed E-state index contributed by atoms with van der Waals surface area (Å²) in [6.07, 6.45) is 0. The highest BCUT2D eigenvalue weighted by molar-refractivity contribution is 7.92. The van der Waals surface area contributed by atoms with Crippen molar-refractivity contribution in [2.75, 3.05) is 11.3 Å². The molecule has 0 saturated heterocycles. The minimum Gasteiger partial charge on any atom is -0.481 e. The molecule has 2 aromatic carbocycles. The Morgan fingerprint density at radius 2 is 1.85 bits per heavy atom. The monoisotopic (exact) mass is 411 g/mol. The van der Waals surface area contributed by atoms with Crippen molar-refractivity contribution in [1.82, 2.24) is 0 Å². The molecular weight excluding hydrogens is 394 g/mol. The second-order valence-electron chi connectivity index (χ2n) is 5.87. The number of rotatable bonds is 7. The number of benzene rings is 2. The summed E-state index contributed by atoms with van der Waals surface area (Å²) in [5, 5.41) is 8.92. The van der Waals surface area contributed by atoms with Crippen LogP contribution in [0.3, 0.4) is 0 Å². The fourth-order valence-electron chi connectivity index (χ4n) is 2.48. The number of ether oxygens (including phenoxy) is 1. The number of halogens is 1. The van der Waals surface area contributed by atoms with Crippen molar-refractivity contribution in [3.8, 4) is 5.75 Å². The first-order valence-electron chi connectivity index (χ1n) is 7.81. The smallest absolute Gasteiger partial charge is 0.341 e. The molecule has 9 heteroatoms. The maximum absolute atomic E-state index is 12.8. The first-order valence-corrected chi connectivity index (χ1v) is 9.67. The van der Waals surface area contributed by atoms with Crippen LogP contribution in [0.5, 0.6) is 5.75 Å². The highest BCUT2D eigenvalue weighted by Gasteiger charge is 2.22. The molecule has 2 aromatic rings. The Kier molecular flexibility index (Phi) is 6.12. The second-order valence-corrected chi connectivity index (χ2v) is 7.93. The number of nitrogens with one attached hydrogen (secondary N) is 1. The molecule has 7 nitrogen and oxygen atoms in total. The molecule has 0 aromatic heterocycles. The van der Waals surface area contributed by atoms with Crippen molar-refractivity contribution in [2.45, 2.75) is 25.7 Å². The Morgan fingerprint density at radius 1 is 1.19 bits per heavy atom. The standard InChI is InChI=1S/C18H18ClNO6S/c1-10-4-7-16(11(2)18(10)26-9-17(22)23)27(24,25)20-15-8-13(12(3)21)5-6-14(15)19/h4-8,20H,9H2,1-3H3,(H,22,23). The molecule has 0 unspecified atom stereocenters. The van der Waals surface area contributed by atoms with Crippen LogP contribution in [0.4, 0.5) is 5.69 Å². The van der Waals surface area contributed by atoms with Gasteiger partial charge in [0, 0.05) is 11.1 Å². The maximum Gasteiger partial charge on any atom is 0.341 e. The SMILES string of the molecule is CC(=O)c1ccc(Cl)c(NS(=O)(=O)c2ccc(C)c(OCC(=O)O)c2C)c1. The van der Waals surface area contributed by atoms with Crippen molar-refractivity contribution in [1.29, 1.82) is 0 Å². The normalized spacial score (nSPS) is 11.1. The van der Waals surface area contributed by atoms with E-state index in [-0.39, 0.29) is 32.7 Å². The Morgan fingerprint density at radius 3 is 2.44 bits per heavy atom. The van der Waals surface area contributed by atoms with Gasteiger partial charge in [0.2, 0.25) is 0 Å². The fourth-order valence-corrected chi connectivity index (χ4v) is 4.01. The van der Waals surface area contributed by atoms with Crippen LogP contribution >= 0.6 is 11.6 Å². The number of sulfonamides is 1. The molecule has 0 aliphatic heterocycles. The molecule has 144 valence electrons. The van der Waals surface area contributed by atoms with Crippen LogP contribution in [0, 0.1) is 13.8 Å². The number of aryl methyl sites for hydroxylation is 1. The first-order chi connectivity index (χ1) is 12.5. The summed E-state index contributed by atoms with van der Waals surface area (Å²) in [6.45, 7) is 3.97. The number of Topliss-reactive ketones (excluding diaryl/α,β-unsaturated/α-hetero) is 1. The van der Waals surface area contributed by atoms with Gasteiger partial charge in [-0.25, -0.2) is 13.2 Å². The fraction of sp³-hybridized carbons (Fsp3) is 0.222. The van der Waals surface area contributed by atoms with E-state index in [2.05, 4.69) is 4.72 Å². The Labute approximate surface area is 162 Å². The number of hydrogen-bond acceptors (Lipinski definition) is 5. The van der Waals surface area contributed by atoms with Crippen molar-refractivity contribution < 1.29 is 27.9 Å². The van der Waals surface area contributed by atoms with Crippen LogP contribution in [-0.4, -0.2) is 31.9 Å². The van der Waals surface area contributed by atoms with E-state index in [1.54, 1.807) is 6.92 Å². The molecule has 0 aliphatic carbocycles. The summed E-state index contributed by atoms with van der Waals surface area (Å²) in [4.78, 5) is 22.2. The zero-order chi connectivity index (χ0) is 20.4. The van der Waals surface area contributed by atoms with Gasteiger partial charge in [-0.15, -0.1) is 0 Å². The lowest BCUT2D eigenvalue weighted by Crippen LogP contribution is -2.17. The van der Waals surface area contributed by atoms with E-state index in [0.717, 1.165) is 0 Å². The third-order valence-corrected chi connectivity index (χ3v) is 5.64. The zero-order valence-electron chi connectivity index (χ0n) is 14.9. The van der Waals surface area contributed by atoms with E-state index < -0.39 is 22.6 Å². The van der Waals surface area contributed by atoms with Crippen LogP contribution < -0.4 is 9.46 Å². The van der Waals surface area contributed by atoms with Gasteiger partial charge in [-0.1, -0.05) is 17.7 Å². The van der Waals surface area contributed by atoms with Crippen molar-refractivity contribution in [3.05, 3.63) is 52.0 Å². The largest absolute Gasteiger partial charge is 0.481 e.